The maximum atomic E-state index is 13.6. The number of aromatic amines is 3. The fraction of sp³-hybridized carbons (Fsp3) is 0.176. The quantitative estimate of drug-likeness (QED) is 0.620. The topological polar surface area (TPSA) is 115 Å². The van der Waals surface area contributed by atoms with E-state index < -0.39 is 28.8 Å². The number of halogens is 2. The largest absolute Gasteiger partial charge is 0.333 e. The SMILES string of the molecule is O=C(c1cc(=O)[nH]c(=O)[nH]1)N1CCc2[nH]nc(-c3ccc(F)c(F)c3)c2C1. The Morgan fingerprint density at radius 1 is 1.11 bits per heavy atom. The number of nitrogens with zero attached hydrogens (tertiary/aromatic N) is 2. The van der Waals surface area contributed by atoms with Gasteiger partial charge in [0.05, 0.1) is 12.2 Å². The molecule has 0 radical (unpaired) electrons. The lowest BCUT2D eigenvalue weighted by Crippen LogP contribution is -2.38. The third kappa shape index (κ3) is 3.05. The molecule has 0 aliphatic carbocycles. The number of amides is 1. The van der Waals surface area contributed by atoms with E-state index in [0.717, 1.165) is 23.9 Å². The summed E-state index contributed by atoms with van der Waals surface area (Å²) in [5.41, 5.74) is 0.696. The monoisotopic (exact) mass is 373 g/mol. The average molecular weight is 373 g/mol. The third-order valence-corrected chi connectivity index (χ3v) is 4.40. The fourth-order valence-electron chi connectivity index (χ4n) is 3.10. The number of hydrogen-bond donors (Lipinski definition) is 3. The van der Waals surface area contributed by atoms with Gasteiger partial charge in [-0.2, -0.15) is 5.10 Å². The molecule has 3 N–H and O–H groups in total. The van der Waals surface area contributed by atoms with Crippen molar-refractivity contribution in [2.75, 3.05) is 6.54 Å². The zero-order valence-electron chi connectivity index (χ0n) is 13.8. The summed E-state index contributed by atoms with van der Waals surface area (Å²) in [6, 6.07) is 4.48. The van der Waals surface area contributed by atoms with Crippen molar-refractivity contribution in [1.29, 1.82) is 0 Å². The van der Waals surface area contributed by atoms with Crippen molar-refractivity contribution in [3.63, 3.8) is 0 Å². The molecule has 0 saturated heterocycles. The molecule has 10 heteroatoms. The molecule has 0 bridgehead atoms. The van der Waals surface area contributed by atoms with Gasteiger partial charge in [0.15, 0.2) is 11.6 Å². The number of nitrogens with one attached hydrogen (secondary N) is 3. The fourth-order valence-corrected chi connectivity index (χ4v) is 3.10. The van der Waals surface area contributed by atoms with E-state index >= 15 is 0 Å². The lowest BCUT2D eigenvalue weighted by molar-refractivity contribution is 0.0728. The molecular formula is C17H13F2N5O3. The molecule has 138 valence electrons. The number of aromatic nitrogens is 4. The Morgan fingerprint density at radius 2 is 1.93 bits per heavy atom. The second kappa shape index (κ2) is 6.31. The van der Waals surface area contributed by atoms with Gasteiger partial charge in [-0.05, 0) is 18.2 Å². The second-order valence-electron chi connectivity index (χ2n) is 6.14. The third-order valence-electron chi connectivity index (χ3n) is 4.40. The first-order valence-corrected chi connectivity index (χ1v) is 8.07. The first-order valence-electron chi connectivity index (χ1n) is 8.07. The molecule has 3 heterocycles. The van der Waals surface area contributed by atoms with Gasteiger partial charge in [0.25, 0.3) is 11.5 Å². The summed E-state index contributed by atoms with van der Waals surface area (Å²) in [6.45, 7) is 0.494. The van der Waals surface area contributed by atoms with Crippen LogP contribution in [0.3, 0.4) is 0 Å². The Hall–Kier alpha value is -3.56. The zero-order valence-corrected chi connectivity index (χ0v) is 13.8. The van der Waals surface area contributed by atoms with Gasteiger partial charge < -0.3 is 9.88 Å². The summed E-state index contributed by atoms with van der Waals surface area (Å²) in [7, 11) is 0. The first kappa shape index (κ1) is 16.9. The number of carbonyl (C=O) groups excluding carboxylic acids is 1. The van der Waals surface area contributed by atoms with Crippen molar-refractivity contribution in [2.45, 2.75) is 13.0 Å². The van der Waals surface area contributed by atoms with E-state index in [9.17, 15) is 23.2 Å². The molecule has 1 aliphatic rings. The minimum Gasteiger partial charge on any atom is -0.333 e. The second-order valence-corrected chi connectivity index (χ2v) is 6.14. The molecule has 0 spiro atoms. The van der Waals surface area contributed by atoms with E-state index in [1.807, 2.05) is 4.98 Å². The van der Waals surface area contributed by atoms with Gasteiger partial charge in [0.2, 0.25) is 0 Å². The molecule has 0 saturated carbocycles. The highest BCUT2D eigenvalue weighted by molar-refractivity contribution is 5.92. The van der Waals surface area contributed by atoms with Crippen LogP contribution in [0.4, 0.5) is 8.78 Å². The Bertz CT molecular complexity index is 1140. The highest BCUT2D eigenvalue weighted by Gasteiger charge is 2.27. The van der Waals surface area contributed by atoms with Crippen LogP contribution >= 0.6 is 0 Å². The molecule has 8 nitrogen and oxygen atoms in total. The van der Waals surface area contributed by atoms with Crippen LogP contribution in [0.5, 0.6) is 0 Å². The van der Waals surface area contributed by atoms with Gasteiger partial charge in [0, 0.05) is 35.9 Å². The summed E-state index contributed by atoms with van der Waals surface area (Å²) in [6.07, 6.45) is 0.463. The smallest absolute Gasteiger partial charge is 0.326 e. The summed E-state index contributed by atoms with van der Waals surface area (Å²) in [4.78, 5) is 41.2. The molecule has 4 rings (SSSR count). The van der Waals surface area contributed by atoms with E-state index in [0.29, 0.717) is 29.8 Å². The predicted octanol–water partition coefficient (Wildman–Crippen LogP) is 0.930. The first-order chi connectivity index (χ1) is 12.9. The molecule has 1 aliphatic heterocycles. The minimum absolute atomic E-state index is 0.120. The number of fused-ring (bicyclic) bond motifs is 1. The van der Waals surface area contributed by atoms with Crippen molar-refractivity contribution in [1.82, 2.24) is 25.1 Å². The molecule has 0 fully saturated rings. The van der Waals surface area contributed by atoms with Crippen LogP contribution in [0.1, 0.15) is 21.7 Å². The van der Waals surface area contributed by atoms with Crippen LogP contribution in [0, 0.1) is 11.6 Å². The standard InChI is InChI=1S/C17H13F2N5O3/c18-10-2-1-8(5-11(10)19)15-9-7-24(4-3-12(9)22-23-15)16(26)13-6-14(25)21-17(27)20-13/h1-2,5-6H,3-4,7H2,(H,22,23)(H2,20,21,25,27). The summed E-state index contributed by atoms with van der Waals surface area (Å²) < 4.78 is 26.7. The molecule has 0 atom stereocenters. The van der Waals surface area contributed by atoms with Gasteiger partial charge >= 0.3 is 5.69 Å². The van der Waals surface area contributed by atoms with E-state index in [1.54, 1.807) is 0 Å². The number of H-pyrrole nitrogens is 3. The maximum absolute atomic E-state index is 13.6. The van der Waals surface area contributed by atoms with Crippen LogP contribution in [0.2, 0.25) is 0 Å². The molecule has 27 heavy (non-hydrogen) atoms. The van der Waals surface area contributed by atoms with Gasteiger partial charge in [-0.25, -0.2) is 13.6 Å². The number of rotatable bonds is 2. The van der Waals surface area contributed by atoms with Gasteiger partial charge in [-0.3, -0.25) is 19.7 Å². The van der Waals surface area contributed by atoms with Gasteiger partial charge in [-0.15, -0.1) is 0 Å². The van der Waals surface area contributed by atoms with Crippen LogP contribution < -0.4 is 11.2 Å². The molecular weight excluding hydrogens is 360 g/mol. The molecule has 1 amide bonds. The van der Waals surface area contributed by atoms with Gasteiger partial charge in [-0.1, -0.05) is 0 Å². The molecule has 2 aromatic heterocycles. The number of carbonyl (C=O) groups is 1. The lowest BCUT2D eigenvalue weighted by atomic mass is 10.0. The van der Waals surface area contributed by atoms with E-state index in [-0.39, 0.29) is 12.2 Å². The Labute approximate surface area is 149 Å². The normalized spacial score (nSPS) is 13.5. The van der Waals surface area contributed by atoms with Gasteiger partial charge in [0.1, 0.15) is 5.69 Å². The minimum atomic E-state index is -0.992. The summed E-state index contributed by atoms with van der Waals surface area (Å²) in [5.74, 6) is -2.46. The van der Waals surface area contributed by atoms with Crippen LogP contribution in [-0.4, -0.2) is 37.5 Å². The lowest BCUT2D eigenvalue weighted by Gasteiger charge is -2.27. The number of benzene rings is 1. The van der Waals surface area contributed by atoms with Crippen molar-refractivity contribution < 1.29 is 13.6 Å². The van der Waals surface area contributed by atoms with E-state index in [4.69, 9.17) is 0 Å². The molecule has 0 unspecified atom stereocenters. The average Bonchev–Trinajstić information content (AvgIpc) is 3.05. The summed E-state index contributed by atoms with van der Waals surface area (Å²) in [5, 5.41) is 7.03. The Balaban J connectivity index is 1.67. The number of hydrogen-bond acceptors (Lipinski definition) is 4. The van der Waals surface area contributed by atoms with Crippen molar-refractivity contribution in [3.8, 4) is 11.3 Å². The van der Waals surface area contributed by atoms with Crippen LogP contribution in [0.25, 0.3) is 11.3 Å². The van der Waals surface area contributed by atoms with Crippen LogP contribution in [-0.2, 0) is 13.0 Å². The molecule has 1 aromatic carbocycles. The Kier molecular flexibility index (Phi) is 3.94. The van der Waals surface area contributed by atoms with Crippen LogP contribution in [0.15, 0.2) is 33.9 Å². The van der Waals surface area contributed by atoms with E-state index in [1.165, 1.54) is 11.0 Å². The van der Waals surface area contributed by atoms with Crippen molar-refractivity contribution in [3.05, 3.63) is 73.7 Å². The van der Waals surface area contributed by atoms with Crippen molar-refractivity contribution in [2.24, 2.45) is 0 Å². The maximum Gasteiger partial charge on any atom is 0.326 e. The highest BCUT2D eigenvalue weighted by atomic mass is 19.2. The Morgan fingerprint density at radius 3 is 2.67 bits per heavy atom. The molecule has 3 aromatic rings. The predicted molar refractivity (Wildman–Crippen MR) is 90.1 cm³/mol. The van der Waals surface area contributed by atoms with Crippen molar-refractivity contribution >= 4 is 5.91 Å². The zero-order chi connectivity index (χ0) is 19.1. The van der Waals surface area contributed by atoms with E-state index in [2.05, 4.69) is 15.2 Å². The highest BCUT2D eigenvalue weighted by Crippen LogP contribution is 2.29. The summed E-state index contributed by atoms with van der Waals surface area (Å²) >= 11 is 0.